The van der Waals surface area contributed by atoms with Crippen molar-refractivity contribution in [1.29, 1.82) is 0 Å². The van der Waals surface area contributed by atoms with Crippen molar-refractivity contribution in [3.63, 3.8) is 0 Å². The number of fused-ring (bicyclic) bond motifs is 1. The van der Waals surface area contributed by atoms with Gasteiger partial charge in [-0.25, -0.2) is 9.18 Å². The van der Waals surface area contributed by atoms with Crippen molar-refractivity contribution in [3.05, 3.63) is 70.0 Å². The summed E-state index contributed by atoms with van der Waals surface area (Å²) in [6.45, 7) is 1.43. The van der Waals surface area contributed by atoms with Crippen LogP contribution in [0.2, 0.25) is 0 Å². The van der Waals surface area contributed by atoms with Gasteiger partial charge in [-0.05, 0) is 48.7 Å². The Hall–Kier alpha value is -2.93. The fourth-order valence-corrected chi connectivity index (χ4v) is 3.24. The Bertz CT molecular complexity index is 1020. The molecule has 2 aromatic carbocycles. The van der Waals surface area contributed by atoms with E-state index in [1.807, 2.05) is 0 Å². The van der Waals surface area contributed by atoms with Crippen molar-refractivity contribution in [3.8, 4) is 0 Å². The van der Waals surface area contributed by atoms with Crippen LogP contribution in [-0.2, 0) is 11.3 Å². The number of carbonyl (C=O) groups excluding carboxylic acids is 1. The van der Waals surface area contributed by atoms with Gasteiger partial charge in [0.2, 0.25) is 0 Å². The first kappa shape index (κ1) is 17.5. The summed E-state index contributed by atoms with van der Waals surface area (Å²) in [5.41, 5.74) is 2.12. The summed E-state index contributed by atoms with van der Waals surface area (Å²) < 4.78 is 25.3. The lowest BCUT2D eigenvalue weighted by Crippen LogP contribution is -2.31. The minimum atomic E-state index is -0.522. The molecule has 0 aliphatic carbocycles. The second-order valence-corrected chi connectivity index (χ2v) is 6.61. The zero-order chi connectivity index (χ0) is 18.8. The third-order valence-electron chi connectivity index (χ3n) is 4.70. The molecule has 6 nitrogen and oxygen atoms in total. The van der Waals surface area contributed by atoms with E-state index in [4.69, 9.17) is 9.15 Å². The third-order valence-corrected chi connectivity index (χ3v) is 4.70. The summed E-state index contributed by atoms with van der Waals surface area (Å²) >= 11 is 0. The van der Waals surface area contributed by atoms with Gasteiger partial charge in [0.05, 0.1) is 18.2 Å². The predicted octanol–water partition coefficient (Wildman–Crippen LogP) is 2.69. The van der Waals surface area contributed by atoms with Crippen molar-refractivity contribution in [2.75, 3.05) is 13.2 Å². The molecule has 0 saturated carbocycles. The Morgan fingerprint density at radius 1 is 1.22 bits per heavy atom. The van der Waals surface area contributed by atoms with Crippen LogP contribution in [-0.4, -0.2) is 29.7 Å². The van der Waals surface area contributed by atoms with E-state index < -0.39 is 5.76 Å². The number of ether oxygens (including phenoxy) is 1. The van der Waals surface area contributed by atoms with Crippen LogP contribution in [0.4, 0.5) is 4.39 Å². The molecule has 27 heavy (non-hydrogen) atoms. The molecule has 1 amide bonds. The van der Waals surface area contributed by atoms with Crippen LogP contribution in [0.1, 0.15) is 28.8 Å². The number of nitrogens with zero attached hydrogens (tertiary/aromatic N) is 1. The Morgan fingerprint density at radius 3 is 2.78 bits per heavy atom. The van der Waals surface area contributed by atoms with E-state index >= 15 is 0 Å². The largest absolute Gasteiger partial charge is 0.420 e. The van der Waals surface area contributed by atoms with Gasteiger partial charge in [-0.1, -0.05) is 12.1 Å². The first-order valence-corrected chi connectivity index (χ1v) is 8.88. The molecule has 1 aliphatic heterocycles. The van der Waals surface area contributed by atoms with Crippen LogP contribution in [0, 0.1) is 5.82 Å². The van der Waals surface area contributed by atoms with Crippen LogP contribution in [0.25, 0.3) is 11.1 Å². The average molecular weight is 370 g/mol. The van der Waals surface area contributed by atoms with Gasteiger partial charge in [0, 0.05) is 18.7 Å². The van der Waals surface area contributed by atoms with Crippen molar-refractivity contribution >= 4 is 17.0 Å². The van der Waals surface area contributed by atoms with Crippen LogP contribution in [0.15, 0.2) is 51.7 Å². The predicted molar refractivity (Wildman–Crippen MR) is 97.3 cm³/mol. The van der Waals surface area contributed by atoms with Gasteiger partial charge in [-0.2, -0.15) is 0 Å². The first-order valence-electron chi connectivity index (χ1n) is 8.88. The second kappa shape index (κ2) is 7.36. The third kappa shape index (κ3) is 3.78. The summed E-state index contributed by atoms with van der Waals surface area (Å²) in [6, 6.07) is 10.8. The number of hydrogen-bond acceptors (Lipinski definition) is 4. The Morgan fingerprint density at radius 2 is 2.04 bits per heavy atom. The minimum Gasteiger partial charge on any atom is -0.408 e. The molecule has 7 heteroatoms. The van der Waals surface area contributed by atoms with Gasteiger partial charge in [-0.3, -0.25) is 9.36 Å². The number of benzene rings is 2. The van der Waals surface area contributed by atoms with Gasteiger partial charge in [0.15, 0.2) is 5.58 Å². The van der Waals surface area contributed by atoms with Crippen LogP contribution in [0.3, 0.4) is 0 Å². The standard InChI is InChI=1S/C20H19FN2O4/c21-15-6-3-13(4-7-15)12-23-17-10-14(5-8-18(17)27-20(23)25)19(24)22-11-16-2-1-9-26-16/h3-8,10,16H,1-2,9,11-12H2,(H,22,24)/t16-/m0/s1. The van der Waals surface area contributed by atoms with Crippen LogP contribution < -0.4 is 11.1 Å². The second-order valence-electron chi connectivity index (χ2n) is 6.61. The molecule has 4 rings (SSSR count). The highest BCUT2D eigenvalue weighted by Crippen LogP contribution is 2.17. The van der Waals surface area contributed by atoms with Gasteiger partial charge in [0.1, 0.15) is 5.82 Å². The summed E-state index contributed by atoms with van der Waals surface area (Å²) in [4.78, 5) is 24.6. The normalized spacial score (nSPS) is 16.7. The smallest absolute Gasteiger partial charge is 0.408 e. The molecule has 1 aliphatic rings. The van der Waals surface area contributed by atoms with Crippen LogP contribution in [0.5, 0.6) is 0 Å². The molecule has 0 unspecified atom stereocenters. The van der Waals surface area contributed by atoms with Crippen LogP contribution >= 0.6 is 0 Å². The molecule has 1 N–H and O–H groups in total. The number of oxazole rings is 1. The lowest BCUT2D eigenvalue weighted by Gasteiger charge is -2.11. The maximum Gasteiger partial charge on any atom is 0.420 e. The van der Waals surface area contributed by atoms with E-state index in [0.29, 0.717) is 23.2 Å². The number of rotatable bonds is 5. The van der Waals surface area contributed by atoms with Crippen molar-refractivity contribution in [1.82, 2.24) is 9.88 Å². The van der Waals surface area contributed by atoms with Gasteiger partial charge >= 0.3 is 5.76 Å². The lowest BCUT2D eigenvalue weighted by molar-refractivity contribution is 0.0858. The van der Waals surface area contributed by atoms with Gasteiger partial charge < -0.3 is 14.5 Å². The van der Waals surface area contributed by atoms with E-state index in [0.717, 1.165) is 25.0 Å². The average Bonchev–Trinajstić information content (AvgIpc) is 3.29. The van der Waals surface area contributed by atoms with E-state index in [1.165, 1.54) is 16.7 Å². The quantitative estimate of drug-likeness (QED) is 0.749. The van der Waals surface area contributed by atoms with Crippen molar-refractivity contribution in [2.24, 2.45) is 0 Å². The molecule has 1 fully saturated rings. The van der Waals surface area contributed by atoms with E-state index in [2.05, 4.69) is 5.32 Å². The van der Waals surface area contributed by atoms with E-state index in [9.17, 15) is 14.0 Å². The SMILES string of the molecule is O=C(NC[C@@H]1CCCO1)c1ccc2oc(=O)n(Cc3ccc(F)cc3)c2c1. The summed E-state index contributed by atoms with van der Waals surface area (Å²) in [5, 5.41) is 2.86. The number of aromatic nitrogens is 1. The van der Waals surface area contributed by atoms with Crippen molar-refractivity contribution < 1.29 is 18.3 Å². The summed E-state index contributed by atoms with van der Waals surface area (Å²) in [7, 11) is 0. The fraction of sp³-hybridized carbons (Fsp3) is 0.300. The number of carbonyl (C=O) groups is 1. The number of halogens is 1. The molecule has 1 atom stereocenters. The maximum absolute atomic E-state index is 13.1. The van der Waals surface area contributed by atoms with Gasteiger partial charge in [-0.15, -0.1) is 0 Å². The highest BCUT2D eigenvalue weighted by Gasteiger charge is 2.18. The molecule has 0 bridgehead atoms. The molecule has 1 saturated heterocycles. The van der Waals surface area contributed by atoms with Gasteiger partial charge in [0.25, 0.3) is 5.91 Å². The number of hydrogen-bond donors (Lipinski definition) is 1. The number of amides is 1. The first-order chi connectivity index (χ1) is 13.1. The molecular formula is C20H19FN2O4. The zero-order valence-electron chi connectivity index (χ0n) is 14.6. The molecule has 3 aromatic rings. The number of nitrogens with one attached hydrogen (secondary N) is 1. The Labute approximate surface area is 154 Å². The fourth-order valence-electron chi connectivity index (χ4n) is 3.24. The Balaban J connectivity index is 1.57. The molecule has 0 spiro atoms. The lowest BCUT2D eigenvalue weighted by atomic mass is 10.1. The molecular weight excluding hydrogens is 351 g/mol. The monoisotopic (exact) mass is 370 g/mol. The maximum atomic E-state index is 13.1. The summed E-state index contributed by atoms with van der Waals surface area (Å²) in [5.74, 6) is -1.09. The minimum absolute atomic E-state index is 0.0586. The summed E-state index contributed by atoms with van der Waals surface area (Å²) in [6.07, 6.45) is 2.01. The van der Waals surface area contributed by atoms with E-state index in [-0.39, 0.29) is 24.4 Å². The molecule has 140 valence electrons. The topological polar surface area (TPSA) is 73.5 Å². The van der Waals surface area contributed by atoms with Crippen molar-refractivity contribution in [2.45, 2.75) is 25.5 Å². The highest BCUT2D eigenvalue weighted by molar-refractivity contribution is 5.97. The highest BCUT2D eigenvalue weighted by atomic mass is 19.1. The van der Waals surface area contributed by atoms with E-state index in [1.54, 1.807) is 30.3 Å². The molecule has 1 aromatic heterocycles. The molecule has 2 heterocycles. The zero-order valence-corrected chi connectivity index (χ0v) is 14.6. The Kier molecular flexibility index (Phi) is 4.77. The molecule has 0 radical (unpaired) electrons.